The smallest absolute Gasteiger partial charge is 0.222 e. The van der Waals surface area contributed by atoms with Gasteiger partial charge in [-0.2, -0.15) is 0 Å². The highest BCUT2D eigenvalue weighted by molar-refractivity contribution is 5.76. The molecule has 1 aromatic heterocycles. The van der Waals surface area contributed by atoms with Crippen molar-refractivity contribution in [2.24, 2.45) is 0 Å². The Morgan fingerprint density at radius 2 is 1.81 bits per heavy atom. The fourth-order valence-corrected chi connectivity index (χ4v) is 2.53. The first-order chi connectivity index (χ1) is 10.2. The molecule has 4 heteroatoms. The average Bonchev–Trinajstić information content (AvgIpc) is 2.88. The van der Waals surface area contributed by atoms with Crippen LogP contribution < -0.4 is 0 Å². The van der Waals surface area contributed by atoms with Crippen LogP contribution >= 0.6 is 0 Å². The Morgan fingerprint density at radius 3 is 2.38 bits per heavy atom. The van der Waals surface area contributed by atoms with Crippen molar-refractivity contribution in [1.82, 2.24) is 14.9 Å². The zero-order chi connectivity index (χ0) is 15.5. The number of rotatable bonds is 11. The minimum Gasteiger partial charge on any atom is -0.346 e. The lowest BCUT2D eigenvalue weighted by molar-refractivity contribution is -0.131. The molecule has 0 saturated carbocycles. The molecule has 1 radical (unpaired) electrons. The third-order valence-corrected chi connectivity index (χ3v) is 3.60. The topological polar surface area (TPSA) is 49.0 Å². The Hall–Kier alpha value is -1.32. The summed E-state index contributed by atoms with van der Waals surface area (Å²) in [6.45, 7) is 8.02. The van der Waals surface area contributed by atoms with Crippen LogP contribution in [-0.2, 0) is 11.2 Å². The molecule has 0 fully saturated rings. The van der Waals surface area contributed by atoms with Crippen LogP contribution in [0.1, 0.15) is 70.3 Å². The van der Waals surface area contributed by atoms with E-state index in [1.165, 1.54) is 6.42 Å². The van der Waals surface area contributed by atoms with E-state index in [4.69, 9.17) is 0 Å². The van der Waals surface area contributed by atoms with Crippen LogP contribution in [0.25, 0.3) is 0 Å². The second kappa shape index (κ2) is 10.4. The van der Waals surface area contributed by atoms with Crippen molar-refractivity contribution in [3.63, 3.8) is 0 Å². The predicted octanol–water partition coefficient (Wildman–Crippen LogP) is 3.66. The maximum atomic E-state index is 12.1. The zero-order valence-electron chi connectivity index (χ0n) is 13.9. The van der Waals surface area contributed by atoms with Gasteiger partial charge >= 0.3 is 0 Å². The number of H-pyrrole nitrogens is 1. The molecular formula is C17H30N3O. The second-order valence-electron chi connectivity index (χ2n) is 5.71. The van der Waals surface area contributed by atoms with Gasteiger partial charge in [-0.15, -0.1) is 0 Å². The van der Waals surface area contributed by atoms with Crippen molar-refractivity contribution >= 4 is 5.91 Å². The van der Waals surface area contributed by atoms with E-state index >= 15 is 0 Å². The number of hydrogen-bond donors (Lipinski definition) is 1. The number of carbonyl (C=O) groups is 1. The molecule has 1 aromatic rings. The first-order valence-electron chi connectivity index (χ1n) is 8.38. The monoisotopic (exact) mass is 292 g/mol. The summed E-state index contributed by atoms with van der Waals surface area (Å²) >= 11 is 0. The molecule has 1 heterocycles. The molecule has 0 atom stereocenters. The number of amides is 1. The van der Waals surface area contributed by atoms with E-state index in [9.17, 15) is 4.79 Å². The fraction of sp³-hybridized carbons (Fsp3) is 0.765. The molecule has 0 saturated heterocycles. The number of aryl methyl sites for hydroxylation is 2. The van der Waals surface area contributed by atoms with Crippen LogP contribution in [0.15, 0.2) is 0 Å². The number of nitrogens with zero attached hydrogens (tertiary/aromatic N) is 2. The van der Waals surface area contributed by atoms with Gasteiger partial charge in [-0.25, -0.2) is 4.98 Å². The molecule has 0 unspecified atom stereocenters. The summed E-state index contributed by atoms with van der Waals surface area (Å²) in [4.78, 5) is 21.4. The molecule has 0 aliphatic rings. The van der Waals surface area contributed by atoms with E-state index in [1.807, 2.05) is 11.8 Å². The van der Waals surface area contributed by atoms with E-state index in [1.54, 1.807) is 0 Å². The molecule has 1 amide bonds. The Labute approximate surface area is 129 Å². The maximum Gasteiger partial charge on any atom is 0.222 e. The molecule has 21 heavy (non-hydrogen) atoms. The van der Waals surface area contributed by atoms with Gasteiger partial charge in [0.2, 0.25) is 5.91 Å². The van der Waals surface area contributed by atoms with Crippen LogP contribution in [0.3, 0.4) is 0 Å². The highest BCUT2D eigenvalue weighted by atomic mass is 16.2. The average molecular weight is 292 g/mol. The zero-order valence-corrected chi connectivity index (χ0v) is 13.9. The third kappa shape index (κ3) is 7.30. The highest BCUT2D eigenvalue weighted by Crippen LogP contribution is 2.09. The minimum absolute atomic E-state index is 0.330. The Bertz CT molecular complexity index is 394. The van der Waals surface area contributed by atoms with E-state index in [0.29, 0.717) is 12.3 Å². The predicted molar refractivity (Wildman–Crippen MR) is 86.1 cm³/mol. The number of hydrogen-bond acceptors (Lipinski definition) is 2. The normalized spacial score (nSPS) is 10.8. The minimum atomic E-state index is 0.330. The summed E-state index contributed by atoms with van der Waals surface area (Å²) in [5, 5.41) is 0. The van der Waals surface area contributed by atoms with E-state index in [2.05, 4.69) is 30.0 Å². The number of unbranched alkanes of at least 4 members (excludes halogenated alkanes) is 3. The van der Waals surface area contributed by atoms with E-state index in [0.717, 1.165) is 63.1 Å². The lowest BCUT2D eigenvalue weighted by Crippen LogP contribution is -2.32. The standard InChI is InChI=1S/C17H30N3O/c1-4-12-20(13-5-2)17(21)11-9-7-6-8-10-16-14-18-15(3)19-16/h4-13H2,1-3H3,(H,18,19). The van der Waals surface area contributed by atoms with Crippen molar-refractivity contribution in [3.05, 3.63) is 17.7 Å². The molecule has 0 aromatic carbocycles. The number of carbonyl (C=O) groups excluding carboxylic acids is 1. The first kappa shape index (κ1) is 17.7. The number of aromatic nitrogens is 2. The summed E-state index contributed by atoms with van der Waals surface area (Å²) in [6.07, 6.45) is 11.2. The van der Waals surface area contributed by atoms with Gasteiger partial charge in [-0.1, -0.05) is 26.7 Å². The lowest BCUT2D eigenvalue weighted by atomic mass is 10.1. The Balaban J connectivity index is 2.08. The number of aromatic amines is 1. The molecule has 0 bridgehead atoms. The van der Waals surface area contributed by atoms with Gasteiger partial charge < -0.3 is 9.88 Å². The summed E-state index contributed by atoms with van der Waals surface area (Å²) in [7, 11) is 0. The molecule has 0 aliphatic heterocycles. The lowest BCUT2D eigenvalue weighted by Gasteiger charge is -2.21. The summed E-state index contributed by atoms with van der Waals surface area (Å²) in [5.74, 6) is 1.26. The molecular weight excluding hydrogens is 262 g/mol. The van der Waals surface area contributed by atoms with Gasteiger partial charge in [-0.05, 0) is 39.0 Å². The summed E-state index contributed by atoms with van der Waals surface area (Å²) in [5.41, 5.74) is 1.10. The van der Waals surface area contributed by atoms with Crippen LogP contribution in [-0.4, -0.2) is 33.9 Å². The third-order valence-electron chi connectivity index (χ3n) is 3.60. The van der Waals surface area contributed by atoms with Crippen LogP contribution in [0.5, 0.6) is 0 Å². The van der Waals surface area contributed by atoms with Crippen LogP contribution in [0.2, 0.25) is 0 Å². The van der Waals surface area contributed by atoms with Gasteiger partial charge in [0.05, 0.1) is 0 Å². The van der Waals surface area contributed by atoms with Crippen molar-refractivity contribution in [2.45, 2.75) is 72.1 Å². The van der Waals surface area contributed by atoms with Crippen LogP contribution in [0, 0.1) is 13.1 Å². The van der Waals surface area contributed by atoms with E-state index < -0.39 is 0 Å². The highest BCUT2D eigenvalue weighted by Gasteiger charge is 2.10. The molecule has 0 spiro atoms. The second-order valence-corrected chi connectivity index (χ2v) is 5.71. The van der Waals surface area contributed by atoms with E-state index in [-0.39, 0.29) is 0 Å². The van der Waals surface area contributed by atoms with Crippen molar-refractivity contribution in [3.8, 4) is 0 Å². The Kier molecular flexibility index (Phi) is 8.79. The Morgan fingerprint density at radius 1 is 1.14 bits per heavy atom. The quantitative estimate of drug-likeness (QED) is 0.633. The van der Waals surface area contributed by atoms with Gasteiger partial charge in [0.1, 0.15) is 12.0 Å². The van der Waals surface area contributed by atoms with Gasteiger partial charge in [-0.3, -0.25) is 4.79 Å². The molecule has 0 aliphatic carbocycles. The largest absolute Gasteiger partial charge is 0.346 e. The summed E-state index contributed by atoms with van der Waals surface area (Å²) in [6, 6.07) is 0. The van der Waals surface area contributed by atoms with Crippen molar-refractivity contribution in [2.75, 3.05) is 13.1 Å². The van der Waals surface area contributed by atoms with Crippen molar-refractivity contribution < 1.29 is 4.79 Å². The summed E-state index contributed by atoms with van der Waals surface area (Å²) < 4.78 is 0. The molecule has 4 nitrogen and oxygen atoms in total. The van der Waals surface area contributed by atoms with Gasteiger partial charge in [0, 0.05) is 25.2 Å². The maximum absolute atomic E-state index is 12.1. The number of nitrogens with one attached hydrogen (secondary N) is 1. The van der Waals surface area contributed by atoms with Crippen molar-refractivity contribution in [1.29, 1.82) is 0 Å². The number of imidazole rings is 1. The van der Waals surface area contributed by atoms with Crippen LogP contribution in [0.4, 0.5) is 0 Å². The fourth-order valence-electron chi connectivity index (χ4n) is 2.53. The molecule has 1 rings (SSSR count). The van der Waals surface area contributed by atoms with Gasteiger partial charge in [0.15, 0.2) is 0 Å². The molecule has 1 N–H and O–H groups in total. The first-order valence-corrected chi connectivity index (χ1v) is 8.38. The SMILES string of the molecule is CCCN(CCC)C(=O)CCCCCCc1[c]nc(C)[nH]1. The molecule has 119 valence electrons. The van der Waals surface area contributed by atoms with Gasteiger partial charge in [0.25, 0.3) is 0 Å².